The maximum absolute atomic E-state index is 12.9. The van der Waals surface area contributed by atoms with Crippen LogP contribution in [0.3, 0.4) is 0 Å². The topological polar surface area (TPSA) is 51.4 Å². The van der Waals surface area contributed by atoms with E-state index in [4.69, 9.17) is 0 Å². The van der Waals surface area contributed by atoms with E-state index in [2.05, 4.69) is 37.6 Å². The van der Waals surface area contributed by atoms with E-state index >= 15 is 0 Å². The van der Waals surface area contributed by atoms with Gasteiger partial charge in [-0.2, -0.15) is 4.99 Å². The molecule has 0 saturated carbocycles. The van der Waals surface area contributed by atoms with Crippen molar-refractivity contribution in [2.75, 3.05) is 0 Å². The molecule has 0 N–H and O–H groups in total. The maximum atomic E-state index is 12.9. The highest BCUT2D eigenvalue weighted by atomic mass is 32.1. The minimum absolute atomic E-state index is 0.0734. The number of fused-ring (bicyclic) bond motifs is 1. The van der Waals surface area contributed by atoms with Crippen LogP contribution in [0.1, 0.15) is 37.4 Å². The molecule has 1 aromatic heterocycles. The summed E-state index contributed by atoms with van der Waals surface area (Å²) in [5.74, 6) is -0.409. The van der Waals surface area contributed by atoms with E-state index in [9.17, 15) is 9.59 Å². The first-order chi connectivity index (χ1) is 15.0. The average Bonchev–Trinajstić information content (AvgIpc) is 3.11. The number of aryl methyl sites for hydroxylation is 2. The molecule has 0 unspecified atom stereocenters. The van der Waals surface area contributed by atoms with Gasteiger partial charge in [-0.05, 0) is 43.2 Å². The Balaban J connectivity index is 1.70. The number of amides is 1. The van der Waals surface area contributed by atoms with Gasteiger partial charge in [-0.1, -0.05) is 65.9 Å². The molecule has 1 amide bonds. The summed E-state index contributed by atoms with van der Waals surface area (Å²) in [5, 5.41) is 0. The van der Waals surface area contributed by atoms with Crippen LogP contribution in [-0.2, 0) is 6.54 Å². The van der Waals surface area contributed by atoms with Gasteiger partial charge in [0.2, 0.25) is 0 Å². The smallest absolute Gasteiger partial charge is 0.279 e. The van der Waals surface area contributed by atoms with Gasteiger partial charge in [-0.25, -0.2) is 0 Å². The van der Waals surface area contributed by atoms with E-state index in [1.165, 1.54) is 11.3 Å². The Kier molecular flexibility index (Phi) is 5.78. The molecule has 0 aliphatic rings. The first-order valence-electron chi connectivity index (χ1n) is 9.98. The van der Waals surface area contributed by atoms with Gasteiger partial charge >= 0.3 is 0 Å². The Morgan fingerprint density at radius 2 is 1.61 bits per heavy atom. The molecule has 0 bridgehead atoms. The Labute approximate surface area is 184 Å². The number of hydrogen-bond acceptors (Lipinski definition) is 3. The van der Waals surface area contributed by atoms with Crippen molar-refractivity contribution in [1.29, 1.82) is 0 Å². The van der Waals surface area contributed by atoms with Crippen LogP contribution in [0.2, 0.25) is 0 Å². The summed E-state index contributed by atoms with van der Waals surface area (Å²) >= 11 is 1.50. The molecule has 0 saturated heterocycles. The van der Waals surface area contributed by atoms with Gasteiger partial charge in [-0.3, -0.25) is 9.59 Å². The molecule has 0 aliphatic carbocycles. The quantitative estimate of drug-likeness (QED) is 0.313. The van der Waals surface area contributed by atoms with Crippen molar-refractivity contribution < 1.29 is 9.59 Å². The highest BCUT2D eigenvalue weighted by Gasteiger charge is 2.13. The van der Waals surface area contributed by atoms with Crippen LogP contribution in [0, 0.1) is 13.8 Å². The van der Waals surface area contributed by atoms with Crippen molar-refractivity contribution in [2.24, 2.45) is 4.99 Å². The Morgan fingerprint density at radius 1 is 0.968 bits per heavy atom. The second kappa shape index (κ2) is 8.66. The maximum Gasteiger partial charge on any atom is 0.279 e. The molecular formula is C26H22N2O2S. The molecule has 154 valence electrons. The molecule has 0 aliphatic heterocycles. The van der Waals surface area contributed by atoms with Crippen molar-refractivity contribution in [2.45, 2.75) is 20.4 Å². The number of rotatable bonds is 5. The van der Waals surface area contributed by atoms with Gasteiger partial charge in [0.05, 0.1) is 10.2 Å². The lowest BCUT2D eigenvalue weighted by atomic mass is 10.0. The lowest BCUT2D eigenvalue weighted by Gasteiger charge is -2.04. The van der Waals surface area contributed by atoms with Crippen molar-refractivity contribution >= 4 is 33.2 Å². The number of thiazole rings is 1. The highest BCUT2D eigenvalue weighted by Crippen LogP contribution is 2.23. The first-order valence-corrected chi connectivity index (χ1v) is 10.8. The van der Waals surface area contributed by atoms with E-state index in [0.717, 1.165) is 21.3 Å². The molecule has 0 atom stereocenters. The minimum Gasteiger partial charge on any atom is -0.312 e. The third kappa shape index (κ3) is 4.18. The molecule has 4 nitrogen and oxygen atoms in total. The molecule has 0 spiro atoms. The van der Waals surface area contributed by atoms with Crippen molar-refractivity contribution in [3.63, 3.8) is 0 Å². The highest BCUT2D eigenvalue weighted by molar-refractivity contribution is 7.16. The van der Waals surface area contributed by atoms with E-state index in [0.29, 0.717) is 28.0 Å². The lowest BCUT2D eigenvalue weighted by Crippen LogP contribution is -2.16. The van der Waals surface area contributed by atoms with Gasteiger partial charge < -0.3 is 4.57 Å². The summed E-state index contributed by atoms with van der Waals surface area (Å²) in [5.41, 5.74) is 4.98. The fraction of sp³-hybridized carbons (Fsp3) is 0.115. The predicted octanol–water partition coefficient (Wildman–Crippen LogP) is 5.48. The van der Waals surface area contributed by atoms with Crippen LogP contribution in [0.4, 0.5) is 0 Å². The number of benzene rings is 3. The summed E-state index contributed by atoms with van der Waals surface area (Å²) in [6, 6.07) is 20.0. The molecule has 0 fully saturated rings. The number of nitrogens with zero attached hydrogens (tertiary/aromatic N) is 2. The molecule has 3 aromatic carbocycles. The molecule has 4 rings (SSSR count). The minimum atomic E-state index is -0.336. The molecule has 0 radical (unpaired) electrons. The molecule has 31 heavy (non-hydrogen) atoms. The molecular weight excluding hydrogens is 404 g/mol. The SMILES string of the molecule is C=CCn1c(=NC(=O)c2ccc(C(=O)c3ccccc3)cc2)sc2c(C)cc(C)cc21. The van der Waals surface area contributed by atoms with E-state index in [1.54, 1.807) is 42.5 Å². The summed E-state index contributed by atoms with van der Waals surface area (Å²) in [4.78, 5) is 30.5. The normalized spacial score (nSPS) is 11.6. The standard InChI is InChI=1S/C26H22N2O2S/c1-4-14-28-22-16-17(2)15-18(3)24(22)31-26(28)27-25(30)21-12-10-20(11-13-21)23(29)19-8-6-5-7-9-19/h4-13,15-16H,1,14H2,2-3H3. The van der Waals surface area contributed by atoms with Crippen molar-refractivity contribution in [3.8, 4) is 0 Å². The number of ketones is 1. The fourth-order valence-electron chi connectivity index (χ4n) is 3.58. The van der Waals surface area contributed by atoms with Crippen LogP contribution in [0.15, 0.2) is 84.4 Å². The van der Waals surface area contributed by atoms with Gasteiger partial charge in [0, 0.05) is 23.2 Å². The van der Waals surface area contributed by atoms with Crippen LogP contribution in [-0.4, -0.2) is 16.3 Å². The van der Waals surface area contributed by atoms with Crippen LogP contribution in [0.5, 0.6) is 0 Å². The summed E-state index contributed by atoms with van der Waals surface area (Å²) in [6.07, 6.45) is 1.80. The largest absolute Gasteiger partial charge is 0.312 e. The number of carbonyl (C=O) groups excluding carboxylic acids is 2. The van der Waals surface area contributed by atoms with Crippen molar-refractivity contribution in [3.05, 3.63) is 112 Å². The molecule has 1 heterocycles. The van der Waals surface area contributed by atoms with Gasteiger partial charge in [0.25, 0.3) is 5.91 Å². The zero-order valence-corrected chi connectivity index (χ0v) is 18.3. The van der Waals surface area contributed by atoms with E-state index in [1.807, 2.05) is 22.8 Å². The molecule has 4 aromatic rings. The van der Waals surface area contributed by atoms with Gasteiger partial charge in [0.15, 0.2) is 10.6 Å². The Morgan fingerprint density at radius 3 is 2.29 bits per heavy atom. The van der Waals surface area contributed by atoms with Crippen molar-refractivity contribution in [1.82, 2.24) is 4.57 Å². The summed E-state index contributed by atoms with van der Waals surface area (Å²) in [7, 11) is 0. The lowest BCUT2D eigenvalue weighted by molar-refractivity contribution is 0.0994. The van der Waals surface area contributed by atoms with Crippen LogP contribution < -0.4 is 4.80 Å². The summed E-state index contributed by atoms with van der Waals surface area (Å²) in [6.45, 7) is 8.54. The zero-order valence-electron chi connectivity index (χ0n) is 17.5. The number of aromatic nitrogens is 1. The molecule has 5 heteroatoms. The Bertz CT molecular complexity index is 1360. The second-order valence-corrected chi connectivity index (χ2v) is 8.38. The fourth-order valence-corrected chi connectivity index (χ4v) is 4.66. The second-order valence-electron chi connectivity index (χ2n) is 7.40. The zero-order chi connectivity index (χ0) is 22.0. The predicted molar refractivity (Wildman–Crippen MR) is 126 cm³/mol. The monoisotopic (exact) mass is 426 g/mol. The number of hydrogen-bond donors (Lipinski definition) is 0. The summed E-state index contributed by atoms with van der Waals surface area (Å²) < 4.78 is 3.13. The number of carbonyl (C=O) groups is 2. The van der Waals surface area contributed by atoms with Gasteiger partial charge in [0.1, 0.15) is 0 Å². The third-order valence-corrected chi connectivity index (χ3v) is 6.28. The van der Waals surface area contributed by atoms with Crippen LogP contribution in [0.25, 0.3) is 10.2 Å². The average molecular weight is 427 g/mol. The van der Waals surface area contributed by atoms with Crippen LogP contribution >= 0.6 is 11.3 Å². The van der Waals surface area contributed by atoms with E-state index in [-0.39, 0.29) is 11.7 Å². The third-order valence-electron chi connectivity index (χ3n) is 5.05. The van der Waals surface area contributed by atoms with Gasteiger partial charge in [-0.15, -0.1) is 6.58 Å². The Hall–Kier alpha value is -3.57. The van der Waals surface area contributed by atoms with E-state index < -0.39 is 0 Å². The number of allylic oxidation sites excluding steroid dienone is 1. The first kappa shape index (κ1) is 20.7.